The van der Waals surface area contributed by atoms with Gasteiger partial charge >= 0.3 is 0 Å². The van der Waals surface area contributed by atoms with Gasteiger partial charge in [-0.1, -0.05) is 23.2 Å². The molecule has 4 rings (SSSR count). The summed E-state index contributed by atoms with van der Waals surface area (Å²) in [5.74, 6) is 1.49. The maximum atomic E-state index is 12.3. The molecular weight excluding hydrogens is 401 g/mol. The van der Waals surface area contributed by atoms with Crippen LogP contribution in [0, 0.1) is 6.92 Å². The summed E-state index contributed by atoms with van der Waals surface area (Å²) in [6.07, 6.45) is 1.51. The van der Waals surface area contributed by atoms with Gasteiger partial charge in [0, 0.05) is 43.6 Å². The minimum absolute atomic E-state index is 0.0785. The Balaban J connectivity index is 1.35. The van der Waals surface area contributed by atoms with Gasteiger partial charge in [-0.05, 0) is 25.1 Å². The molecule has 0 aliphatic carbocycles. The van der Waals surface area contributed by atoms with Crippen LogP contribution in [0.15, 0.2) is 30.6 Å². The van der Waals surface area contributed by atoms with Crippen molar-refractivity contribution in [1.29, 1.82) is 0 Å². The molecule has 1 aromatic carbocycles. The molecule has 1 aliphatic heterocycles. The lowest BCUT2D eigenvalue weighted by Crippen LogP contribution is -2.49. The lowest BCUT2D eigenvalue weighted by molar-refractivity contribution is -0.117. The smallest absolute Gasteiger partial charge is 0.254 e. The second-order valence-corrected chi connectivity index (χ2v) is 7.48. The molecule has 10 heteroatoms. The van der Waals surface area contributed by atoms with Gasteiger partial charge in [-0.2, -0.15) is 14.6 Å². The van der Waals surface area contributed by atoms with Crippen LogP contribution >= 0.6 is 23.2 Å². The van der Waals surface area contributed by atoms with Gasteiger partial charge in [-0.25, -0.2) is 4.98 Å². The van der Waals surface area contributed by atoms with E-state index >= 15 is 0 Å². The fraction of sp³-hybridized carbons (Fsp3) is 0.333. The molecule has 0 radical (unpaired) electrons. The van der Waals surface area contributed by atoms with Crippen molar-refractivity contribution in [3.8, 4) is 0 Å². The number of halogens is 2. The van der Waals surface area contributed by atoms with E-state index in [1.54, 1.807) is 22.7 Å². The third-order valence-corrected chi connectivity index (χ3v) is 5.37. The Morgan fingerprint density at radius 1 is 1.14 bits per heavy atom. The SMILES string of the molecule is Cc1cc(N2CCN(CC(=O)Nc3ccc(Cl)c(Cl)c3)CC2)n2ncnc2n1. The quantitative estimate of drug-likeness (QED) is 0.699. The topological polar surface area (TPSA) is 78.7 Å². The second-order valence-electron chi connectivity index (χ2n) is 6.67. The number of nitrogens with one attached hydrogen (secondary N) is 1. The molecule has 1 fully saturated rings. The Morgan fingerprint density at radius 2 is 1.93 bits per heavy atom. The van der Waals surface area contributed by atoms with Crippen molar-refractivity contribution >= 4 is 46.4 Å². The fourth-order valence-electron chi connectivity index (χ4n) is 3.25. The van der Waals surface area contributed by atoms with Gasteiger partial charge in [-0.3, -0.25) is 9.69 Å². The molecule has 0 bridgehead atoms. The van der Waals surface area contributed by atoms with Gasteiger partial charge < -0.3 is 10.2 Å². The summed E-state index contributed by atoms with van der Waals surface area (Å²) >= 11 is 11.9. The largest absolute Gasteiger partial charge is 0.354 e. The van der Waals surface area contributed by atoms with Gasteiger partial charge in [-0.15, -0.1) is 0 Å². The molecule has 2 aromatic heterocycles. The van der Waals surface area contributed by atoms with Gasteiger partial charge in [0.15, 0.2) is 0 Å². The minimum Gasteiger partial charge on any atom is -0.354 e. The summed E-state index contributed by atoms with van der Waals surface area (Å²) in [7, 11) is 0. The van der Waals surface area contributed by atoms with Gasteiger partial charge in [0.2, 0.25) is 5.91 Å². The van der Waals surface area contributed by atoms with Gasteiger partial charge in [0.05, 0.1) is 16.6 Å². The zero-order valence-corrected chi connectivity index (χ0v) is 16.8. The molecule has 1 aliphatic rings. The van der Waals surface area contributed by atoms with Crippen molar-refractivity contribution in [3.05, 3.63) is 46.3 Å². The molecule has 28 heavy (non-hydrogen) atoms. The van der Waals surface area contributed by atoms with E-state index in [9.17, 15) is 4.79 Å². The van der Waals surface area contributed by atoms with E-state index in [2.05, 4.69) is 30.2 Å². The molecule has 0 atom stereocenters. The Hall–Kier alpha value is -2.42. The highest BCUT2D eigenvalue weighted by Gasteiger charge is 2.21. The molecular formula is C18H19Cl2N7O. The molecule has 8 nitrogen and oxygen atoms in total. The number of fused-ring (bicyclic) bond motifs is 1. The van der Waals surface area contributed by atoms with E-state index in [-0.39, 0.29) is 5.91 Å². The van der Waals surface area contributed by atoms with Crippen LogP contribution in [0.25, 0.3) is 5.78 Å². The number of hydrogen-bond donors (Lipinski definition) is 1. The summed E-state index contributed by atoms with van der Waals surface area (Å²) < 4.78 is 1.75. The molecule has 146 valence electrons. The maximum Gasteiger partial charge on any atom is 0.254 e. The molecule has 1 N–H and O–H groups in total. The number of carbonyl (C=O) groups excluding carboxylic acids is 1. The maximum absolute atomic E-state index is 12.3. The first kappa shape index (κ1) is 18.9. The van der Waals surface area contributed by atoms with Crippen molar-refractivity contribution in [1.82, 2.24) is 24.5 Å². The molecule has 3 aromatic rings. The average Bonchev–Trinajstić information content (AvgIpc) is 3.13. The molecule has 0 saturated carbocycles. The number of hydrogen-bond acceptors (Lipinski definition) is 6. The number of aryl methyl sites for hydroxylation is 1. The molecule has 0 spiro atoms. The van der Waals surface area contributed by atoms with Gasteiger partial charge in [0.25, 0.3) is 5.78 Å². The van der Waals surface area contributed by atoms with Gasteiger partial charge in [0.1, 0.15) is 12.1 Å². The number of piperazine rings is 1. The zero-order valence-electron chi connectivity index (χ0n) is 15.3. The van der Waals surface area contributed by atoms with E-state index in [1.807, 2.05) is 13.0 Å². The Kier molecular flexibility index (Phi) is 5.34. The molecule has 1 amide bonds. The van der Waals surface area contributed by atoms with Crippen LogP contribution in [0.3, 0.4) is 0 Å². The molecule has 3 heterocycles. The highest BCUT2D eigenvalue weighted by atomic mass is 35.5. The van der Waals surface area contributed by atoms with Crippen LogP contribution in [-0.4, -0.2) is 63.1 Å². The average molecular weight is 420 g/mol. The van der Waals surface area contributed by atoms with Crippen molar-refractivity contribution in [2.75, 3.05) is 42.9 Å². The first-order valence-corrected chi connectivity index (χ1v) is 9.65. The standard InChI is InChI=1S/C18H19Cl2N7O/c1-12-8-17(27-18(23-12)21-11-22-27)26-6-4-25(5-7-26)10-16(28)24-13-2-3-14(19)15(20)9-13/h2-3,8-9,11H,4-7,10H2,1H3,(H,24,28). The predicted molar refractivity (Wildman–Crippen MR) is 109 cm³/mol. The van der Waals surface area contributed by atoms with Crippen LogP contribution in [0.4, 0.5) is 11.5 Å². The first-order valence-electron chi connectivity index (χ1n) is 8.89. The number of benzene rings is 1. The van der Waals surface area contributed by atoms with Crippen molar-refractivity contribution < 1.29 is 4.79 Å². The minimum atomic E-state index is -0.0785. The van der Waals surface area contributed by atoms with Crippen LogP contribution in [0.5, 0.6) is 0 Å². The van der Waals surface area contributed by atoms with E-state index in [0.29, 0.717) is 28.1 Å². The third kappa shape index (κ3) is 4.04. The molecule has 1 saturated heterocycles. The number of amides is 1. The van der Waals surface area contributed by atoms with E-state index in [0.717, 1.165) is 37.7 Å². The predicted octanol–water partition coefficient (Wildman–Crippen LogP) is 2.50. The lowest BCUT2D eigenvalue weighted by atomic mass is 10.3. The Bertz CT molecular complexity index is 1010. The summed E-state index contributed by atoms with van der Waals surface area (Å²) in [5.41, 5.74) is 1.54. The van der Waals surface area contributed by atoms with Crippen LogP contribution in [0.1, 0.15) is 5.69 Å². The summed E-state index contributed by atoms with van der Waals surface area (Å²) in [6.45, 7) is 5.39. The van der Waals surface area contributed by atoms with Crippen molar-refractivity contribution in [2.24, 2.45) is 0 Å². The number of nitrogens with zero attached hydrogens (tertiary/aromatic N) is 6. The zero-order chi connectivity index (χ0) is 19.7. The highest BCUT2D eigenvalue weighted by molar-refractivity contribution is 6.42. The number of carbonyl (C=O) groups is 1. The number of aromatic nitrogens is 4. The van der Waals surface area contributed by atoms with Crippen LogP contribution in [0.2, 0.25) is 10.0 Å². The fourth-order valence-corrected chi connectivity index (χ4v) is 3.55. The van der Waals surface area contributed by atoms with E-state index in [1.165, 1.54) is 6.33 Å². The summed E-state index contributed by atoms with van der Waals surface area (Å²) in [6, 6.07) is 7.06. The number of anilines is 2. The van der Waals surface area contributed by atoms with E-state index in [4.69, 9.17) is 23.2 Å². The van der Waals surface area contributed by atoms with Crippen LogP contribution < -0.4 is 10.2 Å². The monoisotopic (exact) mass is 419 g/mol. The lowest BCUT2D eigenvalue weighted by Gasteiger charge is -2.35. The summed E-state index contributed by atoms with van der Waals surface area (Å²) in [5, 5.41) is 8.00. The first-order chi connectivity index (χ1) is 13.5. The van der Waals surface area contributed by atoms with Crippen LogP contribution in [-0.2, 0) is 4.79 Å². The number of rotatable bonds is 4. The Labute approximate surface area is 172 Å². The van der Waals surface area contributed by atoms with Crippen molar-refractivity contribution in [3.63, 3.8) is 0 Å². The van der Waals surface area contributed by atoms with E-state index < -0.39 is 0 Å². The normalized spacial score (nSPS) is 15.2. The second kappa shape index (κ2) is 7.90. The highest BCUT2D eigenvalue weighted by Crippen LogP contribution is 2.25. The Morgan fingerprint density at radius 3 is 2.68 bits per heavy atom. The summed E-state index contributed by atoms with van der Waals surface area (Å²) in [4.78, 5) is 25.3. The van der Waals surface area contributed by atoms with Crippen molar-refractivity contribution in [2.45, 2.75) is 6.92 Å². The molecule has 0 unspecified atom stereocenters. The third-order valence-electron chi connectivity index (χ3n) is 4.63.